The van der Waals surface area contributed by atoms with E-state index in [1.807, 2.05) is 0 Å². The summed E-state index contributed by atoms with van der Waals surface area (Å²) in [6, 6.07) is 6.51. The van der Waals surface area contributed by atoms with Gasteiger partial charge in [-0.3, -0.25) is 9.58 Å². The number of urea groups is 1. The molecule has 1 aliphatic heterocycles. The Morgan fingerprint density at radius 2 is 2.17 bits per heavy atom. The van der Waals surface area contributed by atoms with Gasteiger partial charge in [0.15, 0.2) is 0 Å². The van der Waals surface area contributed by atoms with Crippen LogP contribution in [0.3, 0.4) is 0 Å². The molecule has 0 atom stereocenters. The van der Waals surface area contributed by atoms with Crippen LogP contribution in [0.2, 0.25) is 0 Å². The molecule has 0 radical (unpaired) electrons. The molecule has 9 heteroatoms. The number of amides is 3. The highest BCUT2D eigenvalue weighted by Crippen LogP contribution is 2.22. The number of aromatic nitrogens is 2. The van der Waals surface area contributed by atoms with Crippen LogP contribution < -0.4 is 15.5 Å². The molecule has 3 amide bonds. The Kier molecular flexibility index (Phi) is 4.62. The smallest absolute Gasteiger partial charge is 0.414 e. The van der Waals surface area contributed by atoms with Gasteiger partial charge in [0.05, 0.1) is 31.6 Å². The van der Waals surface area contributed by atoms with E-state index in [1.165, 1.54) is 15.8 Å². The normalized spacial score (nSPS) is 13.7. The number of cyclic esters (lactones) is 1. The standard InChI is InChI=1S/C15H17N5O4/c21-6-4-19-10-12(9-16-19)18-14(22)17-11-2-1-3-13(8-11)20-5-7-24-15(20)23/h1-3,8-10,21H,4-7H2,(H2,17,18,22). The summed E-state index contributed by atoms with van der Waals surface area (Å²) in [5.41, 5.74) is 1.72. The van der Waals surface area contributed by atoms with E-state index in [9.17, 15) is 9.59 Å². The average molecular weight is 331 g/mol. The first-order valence-corrected chi connectivity index (χ1v) is 7.41. The van der Waals surface area contributed by atoms with Crippen LogP contribution in [0, 0.1) is 0 Å². The van der Waals surface area contributed by atoms with Crippen molar-refractivity contribution in [2.24, 2.45) is 0 Å². The second-order valence-electron chi connectivity index (χ2n) is 5.11. The van der Waals surface area contributed by atoms with E-state index < -0.39 is 12.1 Å². The number of carbonyl (C=O) groups excluding carboxylic acids is 2. The monoisotopic (exact) mass is 331 g/mol. The zero-order chi connectivity index (χ0) is 16.9. The quantitative estimate of drug-likeness (QED) is 0.769. The molecular formula is C15H17N5O4. The number of nitrogens with one attached hydrogen (secondary N) is 2. The summed E-state index contributed by atoms with van der Waals surface area (Å²) in [5, 5.41) is 18.2. The van der Waals surface area contributed by atoms with E-state index in [0.717, 1.165) is 0 Å². The second kappa shape index (κ2) is 7.01. The first-order chi connectivity index (χ1) is 11.7. The number of hydrogen-bond donors (Lipinski definition) is 3. The molecule has 1 aromatic heterocycles. The van der Waals surface area contributed by atoms with Gasteiger partial charge in [0, 0.05) is 17.6 Å². The summed E-state index contributed by atoms with van der Waals surface area (Å²) in [6.45, 7) is 1.17. The lowest BCUT2D eigenvalue weighted by Gasteiger charge is -2.14. The van der Waals surface area contributed by atoms with Crippen LogP contribution in [-0.2, 0) is 11.3 Å². The van der Waals surface area contributed by atoms with Gasteiger partial charge in [-0.2, -0.15) is 5.10 Å². The highest BCUT2D eigenvalue weighted by atomic mass is 16.6. The topological polar surface area (TPSA) is 109 Å². The predicted molar refractivity (Wildman–Crippen MR) is 87.1 cm³/mol. The molecule has 0 saturated carbocycles. The molecule has 0 spiro atoms. The summed E-state index contributed by atoms with van der Waals surface area (Å²) < 4.78 is 6.43. The van der Waals surface area contributed by atoms with Crippen molar-refractivity contribution in [2.45, 2.75) is 6.54 Å². The zero-order valence-corrected chi connectivity index (χ0v) is 12.8. The fourth-order valence-electron chi connectivity index (χ4n) is 2.33. The van der Waals surface area contributed by atoms with Crippen LogP contribution in [0.1, 0.15) is 0 Å². The van der Waals surface area contributed by atoms with Crippen LogP contribution in [0.25, 0.3) is 0 Å². The van der Waals surface area contributed by atoms with Gasteiger partial charge >= 0.3 is 12.1 Å². The van der Waals surface area contributed by atoms with Gasteiger partial charge in [-0.05, 0) is 18.2 Å². The minimum atomic E-state index is -0.431. The maximum Gasteiger partial charge on any atom is 0.414 e. The van der Waals surface area contributed by atoms with Crippen molar-refractivity contribution < 1.29 is 19.4 Å². The molecule has 1 aromatic carbocycles. The number of anilines is 3. The summed E-state index contributed by atoms with van der Waals surface area (Å²) in [6.07, 6.45) is 2.71. The van der Waals surface area contributed by atoms with Crippen LogP contribution in [0.15, 0.2) is 36.7 Å². The number of benzene rings is 1. The maximum atomic E-state index is 12.0. The number of ether oxygens (including phenoxy) is 1. The fraction of sp³-hybridized carbons (Fsp3) is 0.267. The number of hydrogen-bond acceptors (Lipinski definition) is 5. The van der Waals surface area contributed by atoms with Gasteiger partial charge in [0.25, 0.3) is 0 Å². The van der Waals surface area contributed by atoms with Crippen LogP contribution in [0.5, 0.6) is 0 Å². The first-order valence-electron chi connectivity index (χ1n) is 7.41. The van der Waals surface area contributed by atoms with Gasteiger partial charge in [0.1, 0.15) is 6.61 Å². The van der Waals surface area contributed by atoms with E-state index in [2.05, 4.69) is 15.7 Å². The van der Waals surface area contributed by atoms with Crippen molar-refractivity contribution in [3.8, 4) is 0 Å². The number of nitrogens with zero attached hydrogens (tertiary/aromatic N) is 3. The van der Waals surface area contributed by atoms with Crippen molar-refractivity contribution in [2.75, 3.05) is 35.3 Å². The molecule has 2 aromatic rings. The third-order valence-corrected chi connectivity index (χ3v) is 3.40. The van der Waals surface area contributed by atoms with Gasteiger partial charge in [-0.15, -0.1) is 0 Å². The molecular weight excluding hydrogens is 314 g/mol. The Balaban J connectivity index is 1.62. The predicted octanol–water partition coefficient (Wildman–Crippen LogP) is 1.48. The molecule has 1 fully saturated rings. The van der Waals surface area contributed by atoms with E-state index >= 15 is 0 Å². The third kappa shape index (κ3) is 3.63. The molecule has 126 valence electrons. The molecule has 0 aliphatic carbocycles. The largest absolute Gasteiger partial charge is 0.447 e. The second-order valence-corrected chi connectivity index (χ2v) is 5.11. The van der Waals surface area contributed by atoms with Crippen molar-refractivity contribution in [1.82, 2.24) is 9.78 Å². The number of carbonyl (C=O) groups is 2. The van der Waals surface area contributed by atoms with Crippen LogP contribution >= 0.6 is 0 Å². The Hall–Kier alpha value is -3.07. The van der Waals surface area contributed by atoms with E-state index in [0.29, 0.717) is 36.8 Å². The zero-order valence-electron chi connectivity index (χ0n) is 12.8. The van der Waals surface area contributed by atoms with E-state index in [1.54, 1.807) is 30.5 Å². The summed E-state index contributed by atoms with van der Waals surface area (Å²) in [4.78, 5) is 25.1. The number of aliphatic hydroxyl groups is 1. The van der Waals surface area contributed by atoms with E-state index in [-0.39, 0.29) is 6.61 Å². The molecule has 3 rings (SSSR count). The van der Waals surface area contributed by atoms with Gasteiger partial charge in [-0.1, -0.05) is 6.07 Å². The maximum absolute atomic E-state index is 12.0. The Bertz CT molecular complexity index is 745. The highest BCUT2D eigenvalue weighted by molar-refractivity contribution is 6.00. The minimum absolute atomic E-state index is 0.0287. The molecule has 3 N–H and O–H groups in total. The summed E-state index contributed by atoms with van der Waals surface area (Å²) in [7, 11) is 0. The lowest BCUT2D eigenvalue weighted by atomic mass is 10.2. The Morgan fingerprint density at radius 1 is 1.33 bits per heavy atom. The number of aliphatic hydroxyl groups excluding tert-OH is 1. The van der Waals surface area contributed by atoms with Gasteiger partial charge < -0.3 is 20.5 Å². The van der Waals surface area contributed by atoms with Crippen LogP contribution in [-0.4, -0.2) is 46.8 Å². The highest BCUT2D eigenvalue weighted by Gasteiger charge is 2.23. The number of rotatable bonds is 5. The van der Waals surface area contributed by atoms with Crippen molar-refractivity contribution >= 4 is 29.2 Å². The molecule has 0 unspecified atom stereocenters. The lowest BCUT2D eigenvalue weighted by molar-refractivity contribution is 0.181. The third-order valence-electron chi connectivity index (χ3n) is 3.40. The molecule has 1 saturated heterocycles. The molecule has 24 heavy (non-hydrogen) atoms. The SMILES string of the molecule is O=C(Nc1cccc(N2CCOC2=O)c1)Nc1cnn(CCO)c1. The van der Waals surface area contributed by atoms with Crippen LogP contribution in [0.4, 0.5) is 26.7 Å². The Labute approximate surface area is 137 Å². The Morgan fingerprint density at radius 3 is 2.92 bits per heavy atom. The van der Waals surface area contributed by atoms with Crippen molar-refractivity contribution in [1.29, 1.82) is 0 Å². The van der Waals surface area contributed by atoms with Crippen molar-refractivity contribution in [3.63, 3.8) is 0 Å². The first kappa shape index (κ1) is 15.8. The molecule has 9 nitrogen and oxygen atoms in total. The summed E-state index contributed by atoms with van der Waals surface area (Å²) in [5.74, 6) is 0. The van der Waals surface area contributed by atoms with Gasteiger partial charge in [-0.25, -0.2) is 9.59 Å². The average Bonchev–Trinajstić information content (AvgIpc) is 3.17. The molecule has 1 aliphatic rings. The minimum Gasteiger partial charge on any atom is -0.447 e. The molecule has 0 bridgehead atoms. The fourth-order valence-corrected chi connectivity index (χ4v) is 2.33. The lowest BCUT2D eigenvalue weighted by Crippen LogP contribution is -2.24. The molecule has 2 heterocycles. The van der Waals surface area contributed by atoms with Gasteiger partial charge in [0.2, 0.25) is 0 Å². The van der Waals surface area contributed by atoms with Crippen molar-refractivity contribution in [3.05, 3.63) is 36.7 Å². The summed E-state index contributed by atoms with van der Waals surface area (Å²) >= 11 is 0. The van der Waals surface area contributed by atoms with E-state index in [4.69, 9.17) is 9.84 Å².